The third-order valence-electron chi connectivity index (χ3n) is 4.63. The molecule has 0 N–H and O–H groups in total. The molecule has 1 heterocycles. The molecule has 0 aromatic rings. The van der Waals surface area contributed by atoms with E-state index in [1.807, 2.05) is 25.7 Å². The van der Waals surface area contributed by atoms with E-state index in [-0.39, 0.29) is 11.5 Å². The predicted molar refractivity (Wildman–Crippen MR) is 74.1 cm³/mol. The summed E-state index contributed by atoms with van der Waals surface area (Å²) in [6.07, 6.45) is 3.54. The number of rotatable bonds is 1. The van der Waals surface area contributed by atoms with Crippen molar-refractivity contribution in [2.24, 2.45) is 11.3 Å². The molecule has 19 heavy (non-hydrogen) atoms. The Hall–Kier alpha value is -0.770. The molecule has 1 saturated carbocycles. The summed E-state index contributed by atoms with van der Waals surface area (Å²) in [6, 6.07) is 0. The smallest absolute Gasteiger partial charge is 0.410 e. The Morgan fingerprint density at radius 2 is 2.05 bits per heavy atom. The summed E-state index contributed by atoms with van der Waals surface area (Å²) in [5, 5.41) is 0. The van der Waals surface area contributed by atoms with Gasteiger partial charge in [-0.2, -0.15) is 0 Å². The molecule has 1 unspecified atom stereocenters. The van der Waals surface area contributed by atoms with Crippen LogP contribution in [0.3, 0.4) is 0 Å². The van der Waals surface area contributed by atoms with Crippen molar-refractivity contribution in [3.05, 3.63) is 0 Å². The summed E-state index contributed by atoms with van der Waals surface area (Å²) in [6.45, 7) is 9.63. The lowest BCUT2D eigenvalue weighted by Gasteiger charge is -2.28. The molecule has 4 nitrogen and oxygen atoms in total. The molecule has 1 aliphatic carbocycles. The fourth-order valence-corrected chi connectivity index (χ4v) is 3.49. The van der Waals surface area contributed by atoms with E-state index in [0.29, 0.717) is 12.0 Å². The van der Waals surface area contributed by atoms with Gasteiger partial charge in [-0.05, 0) is 51.4 Å². The predicted octanol–water partition coefficient (Wildman–Crippen LogP) is 3.06. The Balaban J connectivity index is 2.00. The highest BCUT2D eigenvalue weighted by Gasteiger charge is 2.50. The SMILES string of the molecule is COC1CC[C@@]2(C1)CN(C(=O)OC(C)(C)C)C[C@@H]2C. The van der Waals surface area contributed by atoms with Crippen LogP contribution in [0.1, 0.15) is 47.0 Å². The maximum atomic E-state index is 12.2. The fourth-order valence-electron chi connectivity index (χ4n) is 3.49. The molecular weight excluding hydrogens is 242 g/mol. The third kappa shape index (κ3) is 3.04. The Morgan fingerprint density at radius 1 is 1.37 bits per heavy atom. The largest absolute Gasteiger partial charge is 0.444 e. The number of ether oxygens (including phenoxy) is 2. The van der Waals surface area contributed by atoms with Gasteiger partial charge in [0.05, 0.1) is 6.10 Å². The van der Waals surface area contributed by atoms with Crippen molar-refractivity contribution in [2.45, 2.75) is 58.7 Å². The first-order valence-electron chi connectivity index (χ1n) is 7.26. The minimum atomic E-state index is -0.416. The number of methoxy groups -OCH3 is 1. The Bertz CT molecular complexity index is 350. The molecule has 4 heteroatoms. The second kappa shape index (κ2) is 4.97. The summed E-state index contributed by atoms with van der Waals surface area (Å²) in [5.41, 5.74) is -0.168. The Labute approximate surface area is 116 Å². The Kier molecular flexibility index (Phi) is 3.83. The minimum absolute atomic E-state index is 0.169. The number of likely N-dealkylation sites (tertiary alicyclic amines) is 1. The molecule has 0 bridgehead atoms. The summed E-state index contributed by atoms with van der Waals surface area (Å²) >= 11 is 0. The van der Waals surface area contributed by atoms with E-state index >= 15 is 0 Å². The maximum Gasteiger partial charge on any atom is 0.410 e. The molecule has 2 aliphatic rings. The van der Waals surface area contributed by atoms with Crippen molar-refractivity contribution < 1.29 is 14.3 Å². The first-order valence-corrected chi connectivity index (χ1v) is 7.26. The van der Waals surface area contributed by atoms with Crippen LogP contribution in [0, 0.1) is 11.3 Å². The van der Waals surface area contributed by atoms with Gasteiger partial charge in [0.25, 0.3) is 0 Å². The molecule has 1 spiro atoms. The molecule has 1 saturated heterocycles. The molecule has 1 amide bonds. The van der Waals surface area contributed by atoms with Gasteiger partial charge in [0, 0.05) is 20.2 Å². The van der Waals surface area contributed by atoms with Crippen LogP contribution in [0.4, 0.5) is 4.79 Å². The van der Waals surface area contributed by atoms with Gasteiger partial charge in [-0.1, -0.05) is 6.92 Å². The lowest BCUT2D eigenvalue weighted by atomic mass is 9.77. The van der Waals surface area contributed by atoms with Crippen molar-refractivity contribution in [2.75, 3.05) is 20.2 Å². The van der Waals surface area contributed by atoms with Gasteiger partial charge in [0.2, 0.25) is 0 Å². The van der Waals surface area contributed by atoms with E-state index in [0.717, 1.165) is 32.4 Å². The molecule has 1 aliphatic heterocycles. The van der Waals surface area contributed by atoms with Gasteiger partial charge in [0.1, 0.15) is 5.60 Å². The minimum Gasteiger partial charge on any atom is -0.444 e. The van der Waals surface area contributed by atoms with Crippen LogP contribution < -0.4 is 0 Å². The van der Waals surface area contributed by atoms with Crippen LogP contribution in [0.2, 0.25) is 0 Å². The van der Waals surface area contributed by atoms with Gasteiger partial charge in [-0.25, -0.2) is 4.79 Å². The van der Waals surface area contributed by atoms with E-state index in [9.17, 15) is 4.79 Å². The van der Waals surface area contributed by atoms with Gasteiger partial charge in [-0.15, -0.1) is 0 Å². The molecule has 3 atom stereocenters. The topological polar surface area (TPSA) is 38.8 Å². The highest BCUT2D eigenvalue weighted by molar-refractivity contribution is 5.68. The number of carbonyl (C=O) groups excluding carboxylic acids is 1. The van der Waals surface area contributed by atoms with Gasteiger partial charge >= 0.3 is 6.09 Å². The zero-order chi connectivity index (χ0) is 14.3. The maximum absolute atomic E-state index is 12.2. The summed E-state index contributed by atoms with van der Waals surface area (Å²) in [7, 11) is 1.79. The van der Waals surface area contributed by atoms with Gasteiger partial charge in [-0.3, -0.25) is 0 Å². The average Bonchev–Trinajstić information content (AvgIpc) is 2.83. The van der Waals surface area contributed by atoms with Crippen LogP contribution in [0.25, 0.3) is 0 Å². The van der Waals surface area contributed by atoms with E-state index < -0.39 is 5.60 Å². The van der Waals surface area contributed by atoms with Crippen molar-refractivity contribution in [1.82, 2.24) is 4.90 Å². The number of carbonyl (C=O) groups is 1. The summed E-state index contributed by atoms with van der Waals surface area (Å²) in [5.74, 6) is 0.528. The highest BCUT2D eigenvalue weighted by Crippen LogP contribution is 2.49. The van der Waals surface area contributed by atoms with E-state index in [1.165, 1.54) is 0 Å². The van der Waals surface area contributed by atoms with E-state index in [1.54, 1.807) is 7.11 Å². The molecular formula is C15H27NO3. The molecule has 2 rings (SSSR count). The first-order chi connectivity index (χ1) is 8.76. The molecule has 110 valence electrons. The molecule has 2 fully saturated rings. The third-order valence-corrected chi connectivity index (χ3v) is 4.63. The fraction of sp³-hybridized carbons (Fsp3) is 0.933. The zero-order valence-electron chi connectivity index (χ0n) is 12.9. The number of nitrogens with zero attached hydrogens (tertiary/aromatic N) is 1. The monoisotopic (exact) mass is 269 g/mol. The van der Waals surface area contributed by atoms with Crippen LogP contribution in [0.5, 0.6) is 0 Å². The second-order valence-corrected chi connectivity index (χ2v) is 7.22. The number of hydrogen-bond donors (Lipinski definition) is 0. The second-order valence-electron chi connectivity index (χ2n) is 7.22. The van der Waals surface area contributed by atoms with Crippen molar-refractivity contribution in [1.29, 1.82) is 0 Å². The van der Waals surface area contributed by atoms with Gasteiger partial charge < -0.3 is 14.4 Å². The van der Waals surface area contributed by atoms with Crippen molar-refractivity contribution in [3.8, 4) is 0 Å². The lowest BCUT2D eigenvalue weighted by molar-refractivity contribution is 0.0267. The van der Waals surface area contributed by atoms with E-state index in [2.05, 4.69) is 6.92 Å². The lowest BCUT2D eigenvalue weighted by Crippen LogP contribution is -2.36. The number of hydrogen-bond acceptors (Lipinski definition) is 3. The average molecular weight is 269 g/mol. The van der Waals surface area contributed by atoms with Crippen LogP contribution in [-0.2, 0) is 9.47 Å². The Morgan fingerprint density at radius 3 is 2.58 bits per heavy atom. The quantitative estimate of drug-likeness (QED) is 0.734. The van der Waals surface area contributed by atoms with Crippen molar-refractivity contribution >= 4 is 6.09 Å². The normalized spacial score (nSPS) is 35.1. The van der Waals surface area contributed by atoms with Crippen LogP contribution in [-0.4, -0.2) is 42.9 Å². The van der Waals surface area contributed by atoms with Crippen LogP contribution in [0.15, 0.2) is 0 Å². The van der Waals surface area contributed by atoms with E-state index in [4.69, 9.17) is 9.47 Å². The number of amides is 1. The zero-order valence-corrected chi connectivity index (χ0v) is 12.9. The summed E-state index contributed by atoms with van der Waals surface area (Å²) < 4.78 is 11.0. The molecule has 0 aromatic carbocycles. The highest BCUT2D eigenvalue weighted by atomic mass is 16.6. The van der Waals surface area contributed by atoms with Crippen molar-refractivity contribution in [3.63, 3.8) is 0 Å². The molecule has 0 aromatic heterocycles. The van der Waals surface area contributed by atoms with Gasteiger partial charge in [0.15, 0.2) is 0 Å². The molecule has 0 radical (unpaired) electrons. The van der Waals surface area contributed by atoms with Crippen LogP contribution >= 0.6 is 0 Å². The first kappa shape index (κ1) is 14.6. The summed E-state index contributed by atoms with van der Waals surface area (Å²) in [4.78, 5) is 14.1. The standard InChI is InChI=1S/C15H27NO3/c1-11-9-16(13(17)19-14(2,3)4)10-15(11)7-6-12(8-15)18-5/h11-12H,6-10H2,1-5H3/t11-,12?,15+/m0/s1.